The molecular weight excluding hydrogens is 188 g/mol. The molecule has 0 aliphatic rings. The van der Waals surface area contributed by atoms with Crippen molar-refractivity contribution in [2.45, 2.75) is 20.8 Å². The van der Waals surface area contributed by atoms with E-state index in [0.29, 0.717) is 0 Å². The van der Waals surface area contributed by atoms with Gasteiger partial charge in [-0.2, -0.15) is 0 Å². The Hall–Kier alpha value is -1.77. The maximum absolute atomic E-state index is 9.78. The first-order valence-corrected chi connectivity index (χ1v) is 4.91. The lowest BCUT2D eigenvalue weighted by atomic mass is 10.1. The van der Waals surface area contributed by atoms with E-state index in [1.807, 2.05) is 32.9 Å². The largest absolute Gasteiger partial charge is 0.507 e. The normalized spacial score (nSPS) is 10.6. The Kier molecular flexibility index (Phi) is 2.23. The Morgan fingerprint density at radius 1 is 1.20 bits per heavy atom. The molecule has 0 unspecified atom stereocenters. The van der Waals surface area contributed by atoms with E-state index in [9.17, 15) is 5.11 Å². The number of nitrogens with one attached hydrogen (secondary N) is 1. The number of benzene rings is 1. The van der Waals surface area contributed by atoms with E-state index in [1.165, 1.54) is 0 Å². The van der Waals surface area contributed by atoms with Crippen molar-refractivity contribution in [1.82, 2.24) is 9.97 Å². The molecule has 0 aliphatic heterocycles. The quantitative estimate of drug-likeness (QED) is 0.747. The van der Waals surface area contributed by atoms with Crippen molar-refractivity contribution >= 4 is 0 Å². The molecule has 1 aromatic carbocycles. The second kappa shape index (κ2) is 3.42. The fourth-order valence-electron chi connectivity index (χ4n) is 1.52. The Morgan fingerprint density at radius 2 is 1.93 bits per heavy atom. The zero-order valence-electron chi connectivity index (χ0n) is 9.13. The van der Waals surface area contributed by atoms with Crippen LogP contribution in [0.25, 0.3) is 11.4 Å². The molecule has 0 radical (unpaired) electrons. The zero-order chi connectivity index (χ0) is 11.0. The third-order valence-corrected chi connectivity index (χ3v) is 2.54. The SMILES string of the molecule is Cc1ccc(-c2nc(C)c(C)[nH]2)c(O)c1. The fourth-order valence-corrected chi connectivity index (χ4v) is 1.52. The number of aromatic amines is 1. The van der Waals surface area contributed by atoms with Gasteiger partial charge < -0.3 is 10.1 Å². The summed E-state index contributed by atoms with van der Waals surface area (Å²) in [6.45, 7) is 5.86. The topological polar surface area (TPSA) is 48.9 Å². The Labute approximate surface area is 88.8 Å². The van der Waals surface area contributed by atoms with Gasteiger partial charge in [0.15, 0.2) is 0 Å². The predicted molar refractivity (Wildman–Crippen MR) is 59.9 cm³/mol. The average molecular weight is 202 g/mol. The lowest BCUT2D eigenvalue weighted by molar-refractivity contribution is 0.476. The van der Waals surface area contributed by atoms with Crippen LogP contribution in [0.1, 0.15) is 17.0 Å². The Morgan fingerprint density at radius 3 is 2.47 bits per heavy atom. The highest BCUT2D eigenvalue weighted by atomic mass is 16.3. The molecule has 0 aliphatic carbocycles. The summed E-state index contributed by atoms with van der Waals surface area (Å²) in [5.41, 5.74) is 3.78. The van der Waals surface area contributed by atoms with Gasteiger partial charge in [0, 0.05) is 5.69 Å². The molecule has 2 aromatic rings. The molecule has 3 heteroatoms. The molecule has 2 rings (SSSR count). The van der Waals surface area contributed by atoms with Gasteiger partial charge in [-0.15, -0.1) is 0 Å². The molecule has 1 aromatic heterocycles. The van der Waals surface area contributed by atoms with Crippen LogP contribution < -0.4 is 0 Å². The number of aromatic nitrogens is 2. The number of H-pyrrole nitrogens is 1. The molecular formula is C12H14N2O. The summed E-state index contributed by atoms with van der Waals surface area (Å²) in [5.74, 6) is 0.992. The van der Waals surface area contributed by atoms with Crippen molar-refractivity contribution in [3.8, 4) is 17.1 Å². The number of aryl methyl sites for hydroxylation is 3. The Balaban J connectivity index is 2.54. The maximum Gasteiger partial charge on any atom is 0.141 e. The van der Waals surface area contributed by atoms with Crippen LogP contribution in [0.15, 0.2) is 18.2 Å². The van der Waals surface area contributed by atoms with Gasteiger partial charge in [0.05, 0.1) is 11.3 Å². The summed E-state index contributed by atoms with van der Waals surface area (Å²) in [7, 11) is 0. The van der Waals surface area contributed by atoms with E-state index in [1.54, 1.807) is 6.07 Å². The molecule has 78 valence electrons. The lowest BCUT2D eigenvalue weighted by Crippen LogP contribution is -1.83. The highest BCUT2D eigenvalue weighted by molar-refractivity contribution is 5.64. The third kappa shape index (κ3) is 1.73. The van der Waals surface area contributed by atoms with E-state index in [4.69, 9.17) is 0 Å². The zero-order valence-corrected chi connectivity index (χ0v) is 9.13. The van der Waals surface area contributed by atoms with Gasteiger partial charge in [-0.25, -0.2) is 4.98 Å². The molecule has 0 saturated carbocycles. The number of phenols is 1. The standard InChI is InChI=1S/C12H14N2O/c1-7-4-5-10(11(15)6-7)12-13-8(2)9(3)14-12/h4-6,15H,1-3H3,(H,13,14). The molecule has 2 N–H and O–H groups in total. The van der Waals surface area contributed by atoms with E-state index in [2.05, 4.69) is 9.97 Å². The van der Waals surface area contributed by atoms with Gasteiger partial charge in [-0.05, 0) is 38.5 Å². The second-order valence-corrected chi connectivity index (χ2v) is 3.82. The number of imidazole rings is 1. The molecule has 1 heterocycles. The molecule has 0 saturated heterocycles. The highest BCUT2D eigenvalue weighted by Crippen LogP contribution is 2.28. The van der Waals surface area contributed by atoms with Gasteiger partial charge >= 0.3 is 0 Å². The summed E-state index contributed by atoms with van der Waals surface area (Å²) in [4.78, 5) is 7.51. The van der Waals surface area contributed by atoms with Gasteiger partial charge in [0.1, 0.15) is 11.6 Å². The van der Waals surface area contributed by atoms with E-state index < -0.39 is 0 Å². The molecule has 0 atom stereocenters. The molecule has 15 heavy (non-hydrogen) atoms. The molecule has 0 amide bonds. The van der Waals surface area contributed by atoms with Crippen molar-refractivity contribution < 1.29 is 5.11 Å². The van der Waals surface area contributed by atoms with E-state index >= 15 is 0 Å². The van der Waals surface area contributed by atoms with Crippen LogP contribution in [-0.4, -0.2) is 15.1 Å². The monoisotopic (exact) mass is 202 g/mol. The summed E-state index contributed by atoms with van der Waals surface area (Å²) < 4.78 is 0. The minimum atomic E-state index is 0.267. The molecule has 0 fully saturated rings. The second-order valence-electron chi connectivity index (χ2n) is 3.82. The first-order valence-electron chi connectivity index (χ1n) is 4.91. The minimum absolute atomic E-state index is 0.267. The van der Waals surface area contributed by atoms with Crippen molar-refractivity contribution in [2.75, 3.05) is 0 Å². The maximum atomic E-state index is 9.78. The van der Waals surface area contributed by atoms with Crippen molar-refractivity contribution in [2.24, 2.45) is 0 Å². The summed E-state index contributed by atoms with van der Waals surface area (Å²) in [6, 6.07) is 5.58. The fraction of sp³-hybridized carbons (Fsp3) is 0.250. The third-order valence-electron chi connectivity index (χ3n) is 2.54. The van der Waals surface area contributed by atoms with Crippen LogP contribution >= 0.6 is 0 Å². The summed E-state index contributed by atoms with van der Waals surface area (Å²) in [6.07, 6.45) is 0. The Bertz CT molecular complexity index is 481. The molecule has 3 nitrogen and oxygen atoms in total. The average Bonchev–Trinajstić information content (AvgIpc) is 2.46. The van der Waals surface area contributed by atoms with Crippen LogP contribution in [0.4, 0.5) is 0 Å². The van der Waals surface area contributed by atoms with Gasteiger partial charge in [0.2, 0.25) is 0 Å². The van der Waals surface area contributed by atoms with Gasteiger partial charge in [-0.1, -0.05) is 6.07 Å². The minimum Gasteiger partial charge on any atom is -0.507 e. The smallest absolute Gasteiger partial charge is 0.141 e. The van der Waals surface area contributed by atoms with Crippen molar-refractivity contribution in [3.63, 3.8) is 0 Å². The highest BCUT2D eigenvalue weighted by Gasteiger charge is 2.09. The summed E-state index contributed by atoms with van der Waals surface area (Å²) in [5, 5.41) is 9.78. The van der Waals surface area contributed by atoms with Gasteiger partial charge in [-0.3, -0.25) is 0 Å². The number of hydrogen-bond acceptors (Lipinski definition) is 2. The number of hydrogen-bond donors (Lipinski definition) is 2. The van der Waals surface area contributed by atoms with Crippen LogP contribution in [0.5, 0.6) is 5.75 Å². The summed E-state index contributed by atoms with van der Waals surface area (Å²) >= 11 is 0. The lowest BCUT2D eigenvalue weighted by Gasteiger charge is -2.01. The first kappa shape index (κ1) is 9.77. The number of phenolic OH excluding ortho intramolecular Hbond substituents is 1. The number of aromatic hydroxyl groups is 1. The molecule has 0 spiro atoms. The van der Waals surface area contributed by atoms with Gasteiger partial charge in [0.25, 0.3) is 0 Å². The number of rotatable bonds is 1. The van der Waals surface area contributed by atoms with Crippen LogP contribution in [-0.2, 0) is 0 Å². The number of nitrogens with zero attached hydrogens (tertiary/aromatic N) is 1. The van der Waals surface area contributed by atoms with Crippen LogP contribution in [0.2, 0.25) is 0 Å². The van der Waals surface area contributed by atoms with Crippen molar-refractivity contribution in [1.29, 1.82) is 0 Å². The van der Waals surface area contributed by atoms with E-state index in [-0.39, 0.29) is 5.75 Å². The van der Waals surface area contributed by atoms with Crippen LogP contribution in [0.3, 0.4) is 0 Å². The molecule has 0 bridgehead atoms. The predicted octanol–water partition coefficient (Wildman–Crippen LogP) is 2.71. The van der Waals surface area contributed by atoms with E-state index in [0.717, 1.165) is 28.3 Å². The van der Waals surface area contributed by atoms with Crippen LogP contribution in [0, 0.1) is 20.8 Å². The van der Waals surface area contributed by atoms with Crippen molar-refractivity contribution in [3.05, 3.63) is 35.2 Å². The first-order chi connectivity index (χ1) is 7.08.